The van der Waals surface area contributed by atoms with Crippen molar-refractivity contribution >= 4 is 0 Å². The molecule has 2 unspecified atom stereocenters. The van der Waals surface area contributed by atoms with E-state index in [4.69, 9.17) is 4.74 Å². The van der Waals surface area contributed by atoms with Gasteiger partial charge in [-0.25, -0.2) is 0 Å². The molecule has 3 nitrogen and oxygen atoms in total. The van der Waals surface area contributed by atoms with Gasteiger partial charge in [0.15, 0.2) is 0 Å². The molecule has 2 N–H and O–H groups in total. The van der Waals surface area contributed by atoms with Crippen molar-refractivity contribution in [2.75, 3.05) is 19.8 Å². The van der Waals surface area contributed by atoms with Crippen LogP contribution in [0.1, 0.15) is 51.9 Å². The summed E-state index contributed by atoms with van der Waals surface area (Å²) >= 11 is 0. The highest BCUT2D eigenvalue weighted by molar-refractivity contribution is 4.79. The van der Waals surface area contributed by atoms with E-state index in [1.807, 2.05) is 0 Å². The van der Waals surface area contributed by atoms with E-state index in [0.29, 0.717) is 12.1 Å². The van der Waals surface area contributed by atoms with Crippen LogP contribution < -0.4 is 10.6 Å². The van der Waals surface area contributed by atoms with Crippen LogP contribution in [-0.2, 0) is 4.74 Å². The normalized spacial score (nSPS) is 29.8. The quantitative estimate of drug-likeness (QED) is 0.789. The molecule has 0 spiro atoms. The van der Waals surface area contributed by atoms with Crippen LogP contribution in [0, 0.1) is 0 Å². The van der Waals surface area contributed by atoms with Crippen molar-refractivity contribution in [3.8, 4) is 0 Å². The van der Waals surface area contributed by atoms with E-state index >= 15 is 0 Å². The molecule has 3 heteroatoms. The third-order valence-electron chi connectivity index (χ3n) is 4.04. The number of hydrogen-bond acceptors (Lipinski definition) is 3. The molecule has 100 valence electrons. The highest BCUT2D eigenvalue weighted by Gasteiger charge is 2.19. The molecule has 17 heavy (non-hydrogen) atoms. The average Bonchev–Trinajstić information content (AvgIpc) is 2.59. The second kappa shape index (κ2) is 7.34. The van der Waals surface area contributed by atoms with Crippen molar-refractivity contribution in [1.29, 1.82) is 0 Å². The Labute approximate surface area is 106 Å². The van der Waals surface area contributed by atoms with Crippen molar-refractivity contribution in [1.82, 2.24) is 10.6 Å². The Morgan fingerprint density at radius 2 is 2.00 bits per heavy atom. The maximum Gasteiger partial charge on any atom is 0.0480 e. The standard InChI is InChI=1S/C14H28N2O/c1-12(16-13-6-9-17-10-7-13)11-14-5-3-2-4-8-15-14/h12-16H,2-11H2,1H3. The molecule has 0 radical (unpaired) electrons. The molecule has 0 aromatic heterocycles. The van der Waals surface area contributed by atoms with Crippen LogP contribution in [0.15, 0.2) is 0 Å². The highest BCUT2D eigenvalue weighted by atomic mass is 16.5. The van der Waals surface area contributed by atoms with Gasteiger partial charge in [-0.05, 0) is 45.6 Å². The van der Waals surface area contributed by atoms with Gasteiger partial charge in [-0.3, -0.25) is 0 Å². The minimum Gasteiger partial charge on any atom is -0.381 e. The third kappa shape index (κ3) is 4.94. The van der Waals surface area contributed by atoms with E-state index in [1.165, 1.54) is 51.5 Å². The largest absolute Gasteiger partial charge is 0.381 e. The van der Waals surface area contributed by atoms with Crippen LogP contribution in [0.2, 0.25) is 0 Å². The minimum atomic E-state index is 0.633. The van der Waals surface area contributed by atoms with Gasteiger partial charge in [-0.15, -0.1) is 0 Å². The summed E-state index contributed by atoms with van der Waals surface area (Å²) in [7, 11) is 0. The zero-order valence-electron chi connectivity index (χ0n) is 11.2. The summed E-state index contributed by atoms with van der Waals surface area (Å²) in [4.78, 5) is 0. The first kappa shape index (κ1) is 13.3. The summed E-state index contributed by atoms with van der Waals surface area (Å²) in [6, 6.07) is 2.05. The predicted molar refractivity (Wildman–Crippen MR) is 71.3 cm³/mol. The Hall–Kier alpha value is -0.120. The van der Waals surface area contributed by atoms with Crippen LogP contribution in [0.5, 0.6) is 0 Å². The molecule has 2 rings (SSSR count). The predicted octanol–water partition coefficient (Wildman–Crippen LogP) is 2.07. The maximum absolute atomic E-state index is 5.40. The van der Waals surface area contributed by atoms with Crippen molar-refractivity contribution in [3.05, 3.63) is 0 Å². The van der Waals surface area contributed by atoms with Crippen molar-refractivity contribution < 1.29 is 4.74 Å². The van der Waals surface area contributed by atoms with E-state index in [9.17, 15) is 0 Å². The molecule has 0 aliphatic carbocycles. The Kier molecular flexibility index (Phi) is 5.75. The highest BCUT2D eigenvalue weighted by Crippen LogP contribution is 2.14. The van der Waals surface area contributed by atoms with E-state index in [-0.39, 0.29) is 0 Å². The van der Waals surface area contributed by atoms with Crippen molar-refractivity contribution in [3.63, 3.8) is 0 Å². The molecule has 2 heterocycles. The van der Waals surface area contributed by atoms with E-state index in [0.717, 1.165) is 19.3 Å². The molecule has 0 saturated carbocycles. The molecule has 0 aromatic carbocycles. The zero-order valence-corrected chi connectivity index (χ0v) is 11.2. The fourth-order valence-electron chi connectivity index (χ4n) is 3.06. The van der Waals surface area contributed by atoms with Gasteiger partial charge in [0, 0.05) is 31.3 Å². The van der Waals surface area contributed by atoms with Gasteiger partial charge in [0.1, 0.15) is 0 Å². The summed E-state index contributed by atoms with van der Waals surface area (Å²) in [5.41, 5.74) is 0. The number of hydrogen-bond donors (Lipinski definition) is 2. The Bertz CT molecular complexity index is 196. The minimum absolute atomic E-state index is 0.633. The van der Waals surface area contributed by atoms with Gasteiger partial charge in [0.05, 0.1) is 0 Å². The lowest BCUT2D eigenvalue weighted by Crippen LogP contribution is -2.43. The fraction of sp³-hybridized carbons (Fsp3) is 1.00. The van der Waals surface area contributed by atoms with E-state index in [2.05, 4.69) is 17.6 Å². The summed E-state index contributed by atoms with van der Waals surface area (Å²) in [6.45, 7) is 5.43. The van der Waals surface area contributed by atoms with Crippen molar-refractivity contribution in [2.24, 2.45) is 0 Å². The van der Waals surface area contributed by atoms with Gasteiger partial charge in [-0.2, -0.15) is 0 Å². The van der Waals surface area contributed by atoms with Gasteiger partial charge in [-0.1, -0.05) is 12.8 Å². The van der Waals surface area contributed by atoms with E-state index < -0.39 is 0 Å². The first-order valence-corrected chi connectivity index (χ1v) is 7.42. The molecule has 2 aliphatic rings. The Morgan fingerprint density at radius 1 is 1.18 bits per heavy atom. The van der Waals surface area contributed by atoms with E-state index in [1.54, 1.807) is 0 Å². The molecule has 2 atom stereocenters. The molecule has 2 fully saturated rings. The molecule has 0 bridgehead atoms. The smallest absolute Gasteiger partial charge is 0.0480 e. The summed E-state index contributed by atoms with van der Waals surface area (Å²) in [5.74, 6) is 0. The number of nitrogens with one attached hydrogen (secondary N) is 2. The molecule has 0 aromatic rings. The summed E-state index contributed by atoms with van der Waals surface area (Å²) < 4.78 is 5.40. The van der Waals surface area contributed by atoms with Gasteiger partial charge in [0.2, 0.25) is 0 Å². The Balaban J connectivity index is 1.66. The summed E-state index contributed by atoms with van der Waals surface area (Å²) in [5, 5.41) is 7.45. The van der Waals surface area contributed by atoms with Crippen LogP contribution in [-0.4, -0.2) is 37.9 Å². The van der Waals surface area contributed by atoms with Gasteiger partial charge >= 0.3 is 0 Å². The lowest BCUT2D eigenvalue weighted by molar-refractivity contribution is 0.0747. The first-order chi connectivity index (χ1) is 8.34. The number of ether oxygens (including phenoxy) is 1. The second-order valence-corrected chi connectivity index (χ2v) is 5.69. The average molecular weight is 240 g/mol. The Morgan fingerprint density at radius 3 is 2.82 bits per heavy atom. The van der Waals surface area contributed by atoms with Crippen LogP contribution in [0.3, 0.4) is 0 Å². The van der Waals surface area contributed by atoms with Crippen LogP contribution in [0.4, 0.5) is 0 Å². The van der Waals surface area contributed by atoms with Crippen LogP contribution in [0.25, 0.3) is 0 Å². The lowest BCUT2D eigenvalue weighted by Gasteiger charge is -2.28. The van der Waals surface area contributed by atoms with Gasteiger partial charge in [0.25, 0.3) is 0 Å². The third-order valence-corrected chi connectivity index (χ3v) is 4.04. The lowest BCUT2D eigenvalue weighted by atomic mass is 10.0. The van der Waals surface area contributed by atoms with Gasteiger partial charge < -0.3 is 15.4 Å². The topological polar surface area (TPSA) is 33.3 Å². The summed E-state index contributed by atoms with van der Waals surface area (Å²) in [6.07, 6.45) is 9.17. The monoisotopic (exact) mass is 240 g/mol. The molecule has 2 saturated heterocycles. The molecule has 0 amide bonds. The van der Waals surface area contributed by atoms with Crippen molar-refractivity contribution in [2.45, 2.75) is 70.0 Å². The number of rotatable bonds is 4. The molecular weight excluding hydrogens is 212 g/mol. The molecule has 2 aliphatic heterocycles. The SMILES string of the molecule is CC(CC1CCCCCN1)NC1CCOCC1. The molecular formula is C14H28N2O. The fourth-order valence-corrected chi connectivity index (χ4v) is 3.06. The second-order valence-electron chi connectivity index (χ2n) is 5.69. The van der Waals surface area contributed by atoms with Crippen LogP contribution >= 0.6 is 0 Å². The zero-order chi connectivity index (χ0) is 11.9. The maximum atomic E-state index is 5.40. The first-order valence-electron chi connectivity index (χ1n) is 7.42.